The van der Waals surface area contributed by atoms with E-state index in [4.69, 9.17) is 0 Å². The van der Waals surface area contributed by atoms with E-state index in [9.17, 15) is 4.79 Å². The average Bonchev–Trinajstić information content (AvgIpc) is 2.26. The molecule has 0 aliphatic heterocycles. The molecule has 2 nitrogen and oxygen atoms in total. The van der Waals surface area contributed by atoms with Crippen molar-refractivity contribution in [3.05, 3.63) is 35.9 Å². The van der Waals surface area contributed by atoms with E-state index in [0.717, 1.165) is 6.54 Å². The van der Waals surface area contributed by atoms with Gasteiger partial charge in [-0.1, -0.05) is 44.2 Å². The fourth-order valence-corrected chi connectivity index (χ4v) is 1.47. The summed E-state index contributed by atoms with van der Waals surface area (Å²) in [5.74, 6) is 0.370. The van der Waals surface area contributed by atoms with Gasteiger partial charge in [-0.15, -0.1) is 0 Å². The van der Waals surface area contributed by atoms with Gasteiger partial charge in [-0.25, -0.2) is 0 Å². The summed E-state index contributed by atoms with van der Waals surface area (Å²) in [7, 11) is 0. The van der Waals surface area contributed by atoms with Crippen LogP contribution in [0.1, 0.15) is 26.3 Å². The topological polar surface area (TPSA) is 29.1 Å². The number of hydrogen-bond acceptors (Lipinski definition) is 2. The molecule has 1 atom stereocenters. The third kappa shape index (κ3) is 3.84. The van der Waals surface area contributed by atoms with Gasteiger partial charge in [0.25, 0.3) is 0 Å². The summed E-state index contributed by atoms with van der Waals surface area (Å²) in [5.41, 5.74) is 1.21. The molecule has 0 saturated carbocycles. The molecular formula is C13H19NO. The van der Waals surface area contributed by atoms with Crippen LogP contribution in [-0.4, -0.2) is 11.8 Å². The predicted octanol–water partition coefficient (Wildman–Crippen LogP) is 2.39. The minimum atomic E-state index is -0.0646. The molecular weight excluding hydrogens is 186 g/mol. The highest BCUT2D eigenvalue weighted by Gasteiger charge is 2.15. The van der Waals surface area contributed by atoms with Crippen molar-refractivity contribution in [2.75, 3.05) is 0 Å². The number of rotatable bonds is 5. The zero-order valence-corrected chi connectivity index (χ0v) is 9.66. The van der Waals surface area contributed by atoms with Crippen LogP contribution in [0.5, 0.6) is 0 Å². The Bertz CT molecular complexity index is 306. The van der Waals surface area contributed by atoms with Gasteiger partial charge < -0.3 is 5.32 Å². The van der Waals surface area contributed by atoms with Gasteiger partial charge in [-0.3, -0.25) is 4.79 Å². The Morgan fingerprint density at radius 1 is 1.20 bits per heavy atom. The molecule has 0 spiro atoms. The van der Waals surface area contributed by atoms with E-state index in [1.165, 1.54) is 5.56 Å². The molecule has 1 unspecified atom stereocenters. The third-order valence-electron chi connectivity index (χ3n) is 2.45. The van der Waals surface area contributed by atoms with Crippen LogP contribution in [0.15, 0.2) is 30.3 Å². The lowest BCUT2D eigenvalue weighted by molar-refractivity contribution is -0.123. The molecule has 0 saturated heterocycles. The van der Waals surface area contributed by atoms with E-state index in [-0.39, 0.29) is 17.7 Å². The van der Waals surface area contributed by atoms with Gasteiger partial charge in [0.1, 0.15) is 0 Å². The molecule has 0 bridgehead atoms. The number of carbonyl (C=O) groups excluding carboxylic acids is 1. The summed E-state index contributed by atoms with van der Waals surface area (Å²) in [6.07, 6.45) is 0. The van der Waals surface area contributed by atoms with Crippen molar-refractivity contribution in [1.29, 1.82) is 0 Å². The number of hydrogen-bond donors (Lipinski definition) is 1. The molecule has 2 heteroatoms. The smallest absolute Gasteiger partial charge is 0.151 e. The van der Waals surface area contributed by atoms with E-state index >= 15 is 0 Å². The number of Topliss-reactive ketones (excluding diaryl/α,β-unsaturated/α-hetero) is 1. The monoisotopic (exact) mass is 205 g/mol. The van der Waals surface area contributed by atoms with E-state index in [1.807, 2.05) is 39.0 Å². The first-order valence-electron chi connectivity index (χ1n) is 5.42. The molecule has 0 radical (unpaired) electrons. The molecule has 1 rings (SSSR count). The summed E-state index contributed by atoms with van der Waals surface area (Å²) < 4.78 is 0. The minimum Gasteiger partial charge on any atom is -0.304 e. The van der Waals surface area contributed by atoms with Gasteiger partial charge in [0.2, 0.25) is 0 Å². The lowest BCUT2D eigenvalue weighted by atomic mass is 10.0. The lowest BCUT2D eigenvalue weighted by Crippen LogP contribution is -2.36. The summed E-state index contributed by atoms with van der Waals surface area (Å²) in [5, 5.41) is 3.23. The Kier molecular flexibility index (Phi) is 4.50. The number of benzene rings is 1. The van der Waals surface area contributed by atoms with Crippen molar-refractivity contribution < 1.29 is 4.79 Å². The summed E-state index contributed by atoms with van der Waals surface area (Å²) in [6, 6.07) is 10.0. The van der Waals surface area contributed by atoms with E-state index in [0.29, 0.717) is 0 Å². The van der Waals surface area contributed by atoms with Crippen LogP contribution < -0.4 is 5.32 Å². The van der Waals surface area contributed by atoms with Crippen LogP contribution in [0.25, 0.3) is 0 Å². The SMILES string of the molecule is CC(C)C(=O)C(C)NCc1ccccc1. The molecule has 0 heterocycles. The second kappa shape index (κ2) is 5.66. The molecule has 0 amide bonds. The molecule has 1 N–H and O–H groups in total. The first kappa shape index (κ1) is 11.9. The maximum atomic E-state index is 11.6. The molecule has 1 aromatic rings. The predicted molar refractivity (Wildman–Crippen MR) is 62.6 cm³/mol. The van der Waals surface area contributed by atoms with Crippen molar-refractivity contribution in [2.45, 2.75) is 33.4 Å². The molecule has 0 aliphatic carbocycles. The summed E-state index contributed by atoms with van der Waals surface area (Å²) in [6.45, 7) is 6.54. The number of nitrogens with one attached hydrogen (secondary N) is 1. The number of carbonyl (C=O) groups is 1. The van der Waals surface area contributed by atoms with Crippen LogP contribution in [0, 0.1) is 5.92 Å². The Hall–Kier alpha value is -1.15. The van der Waals surface area contributed by atoms with Crippen molar-refractivity contribution in [2.24, 2.45) is 5.92 Å². The number of ketones is 1. The Morgan fingerprint density at radius 2 is 1.80 bits per heavy atom. The van der Waals surface area contributed by atoms with Gasteiger partial charge in [0, 0.05) is 12.5 Å². The van der Waals surface area contributed by atoms with Crippen molar-refractivity contribution >= 4 is 5.78 Å². The first-order chi connectivity index (χ1) is 7.11. The first-order valence-corrected chi connectivity index (χ1v) is 5.42. The van der Waals surface area contributed by atoms with Crippen molar-refractivity contribution in [3.8, 4) is 0 Å². The van der Waals surface area contributed by atoms with E-state index in [1.54, 1.807) is 0 Å². The Morgan fingerprint density at radius 3 is 2.33 bits per heavy atom. The molecule has 15 heavy (non-hydrogen) atoms. The largest absolute Gasteiger partial charge is 0.304 e. The second-order valence-electron chi connectivity index (χ2n) is 4.15. The highest BCUT2D eigenvalue weighted by atomic mass is 16.1. The second-order valence-corrected chi connectivity index (χ2v) is 4.15. The fraction of sp³-hybridized carbons (Fsp3) is 0.462. The van der Waals surface area contributed by atoms with E-state index in [2.05, 4.69) is 17.4 Å². The van der Waals surface area contributed by atoms with Gasteiger partial charge in [-0.2, -0.15) is 0 Å². The molecule has 0 aromatic heterocycles. The Balaban J connectivity index is 2.41. The van der Waals surface area contributed by atoms with Gasteiger partial charge in [-0.05, 0) is 12.5 Å². The van der Waals surface area contributed by atoms with Crippen LogP contribution in [0.3, 0.4) is 0 Å². The normalized spacial score (nSPS) is 12.8. The van der Waals surface area contributed by atoms with E-state index < -0.39 is 0 Å². The van der Waals surface area contributed by atoms with Crippen LogP contribution in [0.4, 0.5) is 0 Å². The quantitative estimate of drug-likeness (QED) is 0.799. The maximum Gasteiger partial charge on any atom is 0.151 e. The highest BCUT2D eigenvalue weighted by molar-refractivity contribution is 5.85. The minimum absolute atomic E-state index is 0.0646. The average molecular weight is 205 g/mol. The van der Waals surface area contributed by atoms with Gasteiger partial charge in [0.05, 0.1) is 6.04 Å². The zero-order valence-electron chi connectivity index (χ0n) is 9.66. The van der Waals surface area contributed by atoms with Gasteiger partial charge >= 0.3 is 0 Å². The van der Waals surface area contributed by atoms with Gasteiger partial charge in [0.15, 0.2) is 5.78 Å². The fourth-order valence-electron chi connectivity index (χ4n) is 1.47. The van der Waals surface area contributed by atoms with Crippen LogP contribution in [0.2, 0.25) is 0 Å². The van der Waals surface area contributed by atoms with Crippen molar-refractivity contribution in [1.82, 2.24) is 5.32 Å². The molecule has 0 fully saturated rings. The standard InChI is InChI=1S/C13H19NO/c1-10(2)13(15)11(3)14-9-12-7-5-4-6-8-12/h4-8,10-11,14H,9H2,1-3H3. The van der Waals surface area contributed by atoms with Crippen molar-refractivity contribution in [3.63, 3.8) is 0 Å². The molecule has 1 aromatic carbocycles. The van der Waals surface area contributed by atoms with Crippen LogP contribution >= 0.6 is 0 Å². The third-order valence-corrected chi connectivity index (χ3v) is 2.45. The Labute approximate surface area is 91.7 Å². The summed E-state index contributed by atoms with van der Waals surface area (Å²) >= 11 is 0. The van der Waals surface area contributed by atoms with Crippen LogP contribution in [-0.2, 0) is 11.3 Å². The molecule has 0 aliphatic rings. The zero-order chi connectivity index (χ0) is 11.3. The molecule has 82 valence electrons. The lowest BCUT2D eigenvalue weighted by Gasteiger charge is -2.14. The highest BCUT2D eigenvalue weighted by Crippen LogP contribution is 2.02. The maximum absolute atomic E-state index is 11.6. The summed E-state index contributed by atoms with van der Waals surface area (Å²) in [4.78, 5) is 11.6.